The summed E-state index contributed by atoms with van der Waals surface area (Å²) in [6, 6.07) is 10.4. The monoisotopic (exact) mass is 459 g/mol. The Morgan fingerprint density at radius 1 is 0.938 bits per heavy atom. The van der Waals surface area contributed by atoms with E-state index in [2.05, 4.69) is 10.6 Å². The van der Waals surface area contributed by atoms with Crippen LogP contribution in [0.2, 0.25) is 0 Å². The zero-order valence-electron chi connectivity index (χ0n) is 18.9. The molecule has 4 bridgehead atoms. The van der Waals surface area contributed by atoms with Crippen molar-refractivity contribution in [3.05, 3.63) is 35.9 Å². The van der Waals surface area contributed by atoms with Gasteiger partial charge in [0.15, 0.2) is 0 Å². The van der Waals surface area contributed by atoms with Crippen LogP contribution in [-0.4, -0.2) is 50.1 Å². The van der Waals surface area contributed by atoms with Crippen molar-refractivity contribution in [1.29, 1.82) is 0 Å². The minimum Gasteiger partial charge on any atom is -0.353 e. The lowest BCUT2D eigenvalue weighted by Crippen LogP contribution is -2.57. The summed E-state index contributed by atoms with van der Waals surface area (Å²) in [5.74, 6) is 3.39. The average Bonchev–Trinajstić information content (AvgIpc) is 2.79. The highest BCUT2D eigenvalue weighted by molar-refractivity contribution is 7.89. The summed E-state index contributed by atoms with van der Waals surface area (Å²) in [6.45, 7) is 2.02. The number of amides is 1. The van der Waals surface area contributed by atoms with Crippen molar-refractivity contribution in [2.45, 2.75) is 57.5 Å². The van der Waals surface area contributed by atoms with E-state index in [1.54, 1.807) is 4.31 Å². The Morgan fingerprint density at radius 2 is 1.56 bits per heavy atom. The summed E-state index contributed by atoms with van der Waals surface area (Å²) in [6.07, 6.45) is 7.88. The van der Waals surface area contributed by atoms with Crippen LogP contribution in [0.25, 0.3) is 0 Å². The summed E-state index contributed by atoms with van der Waals surface area (Å²) in [7, 11) is -3.29. The summed E-state index contributed by atoms with van der Waals surface area (Å²) >= 11 is 0. The number of carbonyl (C=O) groups excluding carboxylic acids is 1. The maximum atomic E-state index is 13.0. The van der Waals surface area contributed by atoms with Gasteiger partial charge in [-0.2, -0.15) is 0 Å². The van der Waals surface area contributed by atoms with Crippen molar-refractivity contribution in [2.75, 3.05) is 25.4 Å². The standard InChI is InChI=1S/C25H37N3O3S/c29-25(27-24-22-13-19-12-20(15-22)16-23(24)14-19)21-6-9-28(10-7-21)32(30,31)11-8-26-17-18-4-2-1-3-5-18/h1-5,19-24,26H,6-17H2,(H,27,29). The normalized spacial score (nSPS) is 32.8. The summed E-state index contributed by atoms with van der Waals surface area (Å²) in [5.41, 5.74) is 1.15. The second-order valence-electron chi connectivity index (χ2n) is 10.6. The molecule has 5 fully saturated rings. The van der Waals surface area contributed by atoms with E-state index in [1.807, 2.05) is 30.3 Å². The minimum atomic E-state index is -3.29. The number of benzene rings is 1. The van der Waals surface area contributed by atoms with Gasteiger partial charge < -0.3 is 10.6 Å². The predicted molar refractivity (Wildman–Crippen MR) is 125 cm³/mol. The lowest BCUT2D eigenvalue weighted by atomic mass is 9.54. The Labute approximate surface area is 192 Å². The molecule has 5 aliphatic rings. The highest BCUT2D eigenvalue weighted by Gasteiger charge is 2.49. The lowest BCUT2D eigenvalue weighted by Gasteiger charge is -2.54. The number of carbonyl (C=O) groups is 1. The van der Waals surface area contributed by atoms with Crippen LogP contribution < -0.4 is 10.6 Å². The van der Waals surface area contributed by atoms with Gasteiger partial charge in [-0.25, -0.2) is 12.7 Å². The maximum Gasteiger partial charge on any atom is 0.223 e. The quantitative estimate of drug-likeness (QED) is 0.586. The fourth-order valence-corrected chi connectivity index (χ4v) is 8.43. The van der Waals surface area contributed by atoms with Crippen LogP contribution in [0.1, 0.15) is 50.5 Å². The first kappa shape index (κ1) is 22.4. The van der Waals surface area contributed by atoms with Crippen molar-refractivity contribution >= 4 is 15.9 Å². The van der Waals surface area contributed by atoms with Crippen molar-refractivity contribution in [3.63, 3.8) is 0 Å². The first-order valence-electron chi connectivity index (χ1n) is 12.5. The van der Waals surface area contributed by atoms with Gasteiger partial charge in [0.05, 0.1) is 5.75 Å². The summed E-state index contributed by atoms with van der Waals surface area (Å²) in [5, 5.41) is 6.65. The third-order valence-corrected chi connectivity index (χ3v) is 10.3. The number of piperidine rings is 1. The van der Waals surface area contributed by atoms with Crippen molar-refractivity contribution in [3.8, 4) is 0 Å². The molecule has 0 radical (unpaired) electrons. The molecule has 1 aromatic rings. The number of hydrogen-bond donors (Lipinski definition) is 2. The van der Waals surface area contributed by atoms with E-state index in [1.165, 1.54) is 32.1 Å². The smallest absolute Gasteiger partial charge is 0.223 e. The summed E-state index contributed by atoms with van der Waals surface area (Å²) < 4.78 is 27.1. The molecular weight excluding hydrogens is 422 g/mol. The molecule has 0 aromatic heterocycles. The van der Waals surface area contributed by atoms with Gasteiger partial charge in [0.1, 0.15) is 0 Å². The van der Waals surface area contributed by atoms with Crippen molar-refractivity contribution in [2.24, 2.45) is 29.6 Å². The molecule has 1 heterocycles. The van der Waals surface area contributed by atoms with Crippen LogP contribution in [0.3, 0.4) is 0 Å². The average molecular weight is 460 g/mol. The highest BCUT2D eigenvalue weighted by atomic mass is 32.2. The first-order valence-corrected chi connectivity index (χ1v) is 14.1. The molecule has 6 nitrogen and oxygen atoms in total. The van der Waals surface area contributed by atoms with Gasteiger partial charge >= 0.3 is 0 Å². The topological polar surface area (TPSA) is 78.5 Å². The van der Waals surface area contributed by atoms with Crippen LogP contribution in [0.5, 0.6) is 0 Å². The molecule has 6 rings (SSSR count). The molecule has 0 spiro atoms. The number of nitrogens with zero attached hydrogens (tertiary/aromatic N) is 1. The molecule has 4 aliphatic carbocycles. The number of hydrogen-bond acceptors (Lipinski definition) is 4. The highest BCUT2D eigenvalue weighted by Crippen LogP contribution is 2.53. The van der Waals surface area contributed by atoms with Crippen LogP contribution in [0.15, 0.2) is 30.3 Å². The molecule has 4 saturated carbocycles. The lowest BCUT2D eigenvalue weighted by molar-refractivity contribution is -0.130. The van der Waals surface area contributed by atoms with E-state index >= 15 is 0 Å². The molecule has 1 amide bonds. The molecule has 1 saturated heterocycles. The van der Waals surface area contributed by atoms with Gasteiger partial charge in [-0.15, -0.1) is 0 Å². The fourth-order valence-electron chi connectivity index (χ4n) is 7.00. The van der Waals surface area contributed by atoms with Gasteiger partial charge in [-0.3, -0.25) is 4.79 Å². The number of rotatable bonds is 8. The third kappa shape index (κ3) is 4.90. The predicted octanol–water partition coefficient (Wildman–Crippen LogP) is 2.76. The Hall–Kier alpha value is -1.44. The third-order valence-electron chi connectivity index (χ3n) is 8.46. The molecule has 2 N–H and O–H groups in total. The van der Waals surface area contributed by atoms with Crippen molar-refractivity contribution in [1.82, 2.24) is 14.9 Å². The molecule has 32 heavy (non-hydrogen) atoms. The maximum absolute atomic E-state index is 13.0. The molecule has 1 aliphatic heterocycles. The van der Waals surface area contributed by atoms with E-state index in [4.69, 9.17) is 0 Å². The molecule has 0 unspecified atom stereocenters. The largest absolute Gasteiger partial charge is 0.353 e. The van der Waals surface area contributed by atoms with E-state index in [0.29, 0.717) is 56.9 Å². The molecule has 0 atom stereocenters. The van der Waals surface area contributed by atoms with Gasteiger partial charge in [0.25, 0.3) is 0 Å². The van der Waals surface area contributed by atoms with E-state index in [0.717, 1.165) is 17.4 Å². The number of nitrogens with one attached hydrogen (secondary N) is 2. The molecule has 1 aromatic carbocycles. The SMILES string of the molecule is O=C(NC1C2CC3CC(C2)CC1C3)C1CCN(S(=O)(=O)CCNCc2ccccc2)CC1. The summed E-state index contributed by atoms with van der Waals surface area (Å²) in [4.78, 5) is 13.0. The van der Waals surface area contributed by atoms with Crippen LogP contribution in [0.4, 0.5) is 0 Å². The first-order chi connectivity index (χ1) is 15.5. The van der Waals surface area contributed by atoms with Gasteiger partial charge in [-0.1, -0.05) is 30.3 Å². The zero-order valence-corrected chi connectivity index (χ0v) is 19.7. The Morgan fingerprint density at radius 3 is 2.19 bits per heavy atom. The Balaban J connectivity index is 1.06. The van der Waals surface area contributed by atoms with Gasteiger partial charge in [0, 0.05) is 38.1 Å². The second kappa shape index (κ2) is 9.43. The van der Waals surface area contributed by atoms with Crippen LogP contribution in [-0.2, 0) is 21.4 Å². The second-order valence-corrected chi connectivity index (χ2v) is 12.7. The zero-order chi connectivity index (χ0) is 22.1. The van der Waals surface area contributed by atoms with Gasteiger partial charge in [-0.05, 0) is 74.2 Å². The van der Waals surface area contributed by atoms with Gasteiger partial charge in [0.2, 0.25) is 15.9 Å². The Bertz CT molecular complexity index is 868. The van der Waals surface area contributed by atoms with Crippen molar-refractivity contribution < 1.29 is 13.2 Å². The Kier molecular flexibility index (Phi) is 6.59. The van der Waals surface area contributed by atoms with Crippen LogP contribution in [0, 0.1) is 29.6 Å². The van der Waals surface area contributed by atoms with E-state index < -0.39 is 10.0 Å². The molecule has 176 valence electrons. The number of sulfonamides is 1. The molecule has 7 heteroatoms. The molecular formula is C25H37N3O3S. The van der Waals surface area contributed by atoms with Crippen LogP contribution >= 0.6 is 0 Å². The van der Waals surface area contributed by atoms with E-state index in [9.17, 15) is 13.2 Å². The van der Waals surface area contributed by atoms with E-state index in [-0.39, 0.29) is 17.6 Å². The fraction of sp³-hybridized carbons (Fsp3) is 0.720. The minimum absolute atomic E-state index is 0.0464.